The Bertz CT molecular complexity index is 957. The quantitative estimate of drug-likeness (QED) is 0.556. The topological polar surface area (TPSA) is 38.7 Å². The van der Waals surface area contributed by atoms with Crippen molar-refractivity contribution in [2.45, 2.75) is 50.6 Å². The highest BCUT2D eigenvalue weighted by Crippen LogP contribution is 2.50. The summed E-state index contributed by atoms with van der Waals surface area (Å²) in [6.45, 7) is 5.95. The van der Waals surface area contributed by atoms with Crippen molar-refractivity contribution in [3.05, 3.63) is 65.2 Å². The summed E-state index contributed by atoms with van der Waals surface area (Å²) < 4.78 is 37.5. The maximum Gasteiger partial charge on any atom is 0.482 e. The molecule has 1 saturated carbocycles. The third-order valence-electron chi connectivity index (χ3n) is 8.04. The molecule has 0 aromatic heterocycles. The third-order valence-corrected chi connectivity index (χ3v) is 8.04. The first-order chi connectivity index (χ1) is 16.3. The SMILES string of the molecule is OC1(c2ccc(CCN3CCCC3)cc2)CCC2CN(Cc3ccc(NC(F)(F)F)cc3)CC21. The van der Waals surface area contributed by atoms with Crippen LogP contribution in [0.4, 0.5) is 18.9 Å². The van der Waals surface area contributed by atoms with Crippen molar-refractivity contribution in [3.8, 4) is 0 Å². The van der Waals surface area contributed by atoms with Gasteiger partial charge in [0.05, 0.1) is 5.60 Å². The number of rotatable bonds is 7. The van der Waals surface area contributed by atoms with Crippen LogP contribution in [0.2, 0.25) is 0 Å². The predicted octanol–water partition coefficient (Wildman–Crippen LogP) is 4.99. The van der Waals surface area contributed by atoms with Crippen molar-refractivity contribution in [1.29, 1.82) is 0 Å². The smallest absolute Gasteiger partial charge is 0.385 e. The molecule has 5 rings (SSSR count). The molecule has 3 aliphatic rings. The van der Waals surface area contributed by atoms with Gasteiger partial charge in [-0.2, -0.15) is 13.2 Å². The van der Waals surface area contributed by atoms with Gasteiger partial charge in [0, 0.05) is 37.8 Å². The fraction of sp³-hybridized carbons (Fsp3) is 0.556. The van der Waals surface area contributed by atoms with Crippen LogP contribution in [0.5, 0.6) is 0 Å². The number of benzene rings is 2. The molecule has 4 nitrogen and oxygen atoms in total. The van der Waals surface area contributed by atoms with Crippen molar-refractivity contribution in [2.24, 2.45) is 11.8 Å². The van der Waals surface area contributed by atoms with Crippen molar-refractivity contribution in [2.75, 3.05) is 38.0 Å². The summed E-state index contributed by atoms with van der Waals surface area (Å²) in [5.74, 6) is 0.639. The Hall–Kier alpha value is -2.09. The van der Waals surface area contributed by atoms with Crippen LogP contribution in [0.1, 0.15) is 42.4 Å². The Morgan fingerprint density at radius 2 is 1.59 bits per heavy atom. The first-order valence-corrected chi connectivity index (χ1v) is 12.5. The molecule has 184 valence electrons. The number of nitrogens with zero attached hydrogens (tertiary/aromatic N) is 2. The Labute approximate surface area is 199 Å². The molecule has 3 unspecified atom stereocenters. The maximum atomic E-state index is 12.5. The fourth-order valence-electron chi connectivity index (χ4n) is 6.24. The van der Waals surface area contributed by atoms with Crippen LogP contribution in [0.25, 0.3) is 0 Å². The van der Waals surface area contributed by atoms with Crippen LogP contribution < -0.4 is 5.32 Å². The van der Waals surface area contributed by atoms with E-state index < -0.39 is 11.9 Å². The van der Waals surface area contributed by atoms with Crippen molar-refractivity contribution in [1.82, 2.24) is 9.80 Å². The number of fused-ring (bicyclic) bond motifs is 1. The normalized spacial score (nSPS) is 27.9. The second-order valence-electron chi connectivity index (χ2n) is 10.3. The van der Waals surface area contributed by atoms with Gasteiger partial charge >= 0.3 is 6.30 Å². The molecule has 3 fully saturated rings. The number of hydrogen-bond donors (Lipinski definition) is 2. The van der Waals surface area contributed by atoms with Crippen LogP contribution in [-0.2, 0) is 18.6 Å². The van der Waals surface area contributed by atoms with E-state index >= 15 is 0 Å². The second kappa shape index (κ2) is 9.51. The van der Waals surface area contributed by atoms with Gasteiger partial charge in [0.25, 0.3) is 0 Å². The average molecular weight is 474 g/mol. The minimum atomic E-state index is -4.43. The third kappa shape index (κ3) is 5.26. The van der Waals surface area contributed by atoms with Crippen molar-refractivity contribution >= 4 is 5.69 Å². The van der Waals surface area contributed by atoms with E-state index in [0.717, 1.165) is 50.0 Å². The fourth-order valence-corrected chi connectivity index (χ4v) is 6.24. The number of hydrogen-bond acceptors (Lipinski definition) is 4. The Morgan fingerprint density at radius 3 is 2.26 bits per heavy atom. The zero-order valence-corrected chi connectivity index (χ0v) is 19.5. The largest absolute Gasteiger partial charge is 0.482 e. The Balaban J connectivity index is 1.18. The molecule has 2 heterocycles. The summed E-state index contributed by atoms with van der Waals surface area (Å²) in [4.78, 5) is 4.85. The minimum Gasteiger partial charge on any atom is -0.385 e. The molecule has 1 aliphatic carbocycles. The molecule has 2 aliphatic heterocycles. The van der Waals surface area contributed by atoms with Crippen LogP contribution in [0, 0.1) is 11.8 Å². The van der Waals surface area contributed by atoms with Gasteiger partial charge in [-0.25, -0.2) is 0 Å². The summed E-state index contributed by atoms with van der Waals surface area (Å²) in [5.41, 5.74) is 2.58. The molecule has 2 saturated heterocycles. The van der Waals surface area contributed by atoms with E-state index in [2.05, 4.69) is 34.1 Å². The maximum absolute atomic E-state index is 12.5. The monoisotopic (exact) mass is 473 g/mol. The summed E-state index contributed by atoms with van der Waals surface area (Å²) in [6.07, 6.45) is 1.04. The number of alkyl halides is 3. The van der Waals surface area contributed by atoms with Crippen LogP contribution in [0.3, 0.4) is 0 Å². The number of nitrogens with one attached hydrogen (secondary N) is 1. The van der Waals surface area contributed by atoms with E-state index in [4.69, 9.17) is 0 Å². The van der Waals surface area contributed by atoms with Crippen LogP contribution in [0.15, 0.2) is 48.5 Å². The van der Waals surface area contributed by atoms with Crippen molar-refractivity contribution in [3.63, 3.8) is 0 Å². The lowest BCUT2D eigenvalue weighted by atomic mass is 9.82. The predicted molar refractivity (Wildman–Crippen MR) is 127 cm³/mol. The van der Waals surface area contributed by atoms with E-state index in [1.807, 2.05) is 0 Å². The van der Waals surface area contributed by atoms with Crippen molar-refractivity contribution < 1.29 is 18.3 Å². The molecule has 0 bridgehead atoms. The highest BCUT2D eigenvalue weighted by molar-refractivity contribution is 5.45. The highest BCUT2D eigenvalue weighted by atomic mass is 19.4. The number of anilines is 1. The van der Waals surface area contributed by atoms with Gasteiger partial charge in [0.1, 0.15) is 0 Å². The Morgan fingerprint density at radius 1 is 0.912 bits per heavy atom. The average Bonchev–Trinajstić information content (AvgIpc) is 3.52. The number of halogens is 3. The standard InChI is InChI=1S/C27H34F3N3O/c28-27(29,30)31-24-9-5-21(6-10-24)17-33-18-22-11-13-26(34,25(22)19-33)23-7-3-20(4-8-23)12-16-32-14-1-2-15-32/h3-10,22,25,31,34H,1-2,11-19H2. The highest BCUT2D eigenvalue weighted by Gasteiger charge is 2.52. The van der Waals surface area contributed by atoms with Gasteiger partial charge in [-0.15, -0.1) is 0 Å². The molecule has 0 radical (unpaired) electrons. The van der Waals surface area contributed by atoms with Gasteiger partial charge in [-0.3, -0.25) is 10.2 Å². The lowest BCUT2D eigenvalue weighted by Gasteiger charge is -2.31. The van der Waals surface area contributed by atoms with Gasteiger partial charge < -0.3 is 10.0 Å². The van der Waals surface area contributed by atoms with Crippen LogP contribution >= 0.6 is 0 Å². The van der Waals surface area contributed by atoms with E-state index in [1.165, 1.54) is 43.6 Å². The summed E-state index contributed by atoms with van der Waals surface area (Å²) in [6, 6.07) is 15.0. The molecular formula is C27H34F3N3O. The van der Waals surface area contributed by atoms with Gasteiger partial charge in [0.2, 0.25) is 0 Å². The summed E-state index contributed by atoms with van der Waals surface area (Å²) >= 11 is 0. The van der Waals surface area contributed by atoms with Gasteiger partial charge in [-0.05, 0) is 79.9 Å². The summed E-state index contributed by atoms with van der Waals surface area (Å²) in [7, 11) is 0. The number of likely N-dealkylation sites (tertiary alicyclic amines) is 2. The first-order valence-electron chi connectivity index (χ1n) is 12.5. The molecule has 3 atom stereocenters. The molecule has 0 amide bonds. The molecule has 34 heavy (non-hydrogen) atoms. The van der Waals surface area contributed by atoms with E-state index in [1.54, 1.807) is 17.4 Å². The molecule has 2 aromatic carbocycles. The lowest BCUT2D eigenvalue weighted by Crippen LogP contribution is -2.34. The lowest BCUT2D eigenvalue weighted by molar-refractivity contribution is -0.0999. The molecule has 2 aromatic rings. The van der Waals surface area contributed by atoms with E-state index in [0.29, 0.717) is 12.5 Å². The number of aliphatic hydroxyl groups is 1. The first kappa shape index (κ1) is 23.6. The van der Waals surface area contributed by atoms with Crippen LogP contribution in [-0.4, -0.2) is 53.9 Å². The van der Waals surface area contributed by atoms with Gasteiger partial charge in [0.15, 0.2) is 0 Å². The summed E-state index contributed by atoms with van der Waals surface area (Å²) in [5, 5.41) is 13.2. The molecule has 2 N–H and O–H groups in total. The van der Waals surface area contributed by atoms with E-state index in [9.17, 15) is 18.3 Å². The molecule has 7 heteroatoms. The Kier molecular flexibility index (Phi) is 6.62. The van der Waals surface area contributed by atoms with Gasteiger partial charge in [-0.1, -0.05) is 36.4 Å². The second-order valence-corrected chi connectivity index (χ2v) is 10.3. The zero-order chi connectivity index (χ0) is 23.8. The molecular weight excluding hydrogens is 439 g/mol. The van der Waals surface area contributed by atoms with E-state index in [-0.39, 0.29) is 11.6 Å². The zero-order valence-electron chi connectivity index (χ0n) is 19.5. The molecule has 0 spiro atoms. The minimum absolute atomic E-state index is 0.0489.